The Balaban J connectivity index is 2.25. The maximum atomic E-state index is 12.2. The number of amides is 2. The molecular weight excluding hydrogens is 296 g/mol. The molecule has 8 nitrogen and oxygen atoms in total. The van der Waals surface area contributed by atoms with Gasteiger partial charge in [0.1, 0.15) is 11.4 Å². The van der Waals surface area contributed by atoms with Gasteiger partial charge in [-0.1, -0.05) is 13.8 Å². The Morgan fingerprint density at radius 1 is 1.43 bits per heavy atom. The Bertz CT molecular complexity index is 682. The second-order valence-corrected chi connectivity index (χ2v) is 5.73. The lowest BCUT2D eigenvalue weighted by molar-refractivity contribution is 0.217. The van der Waals surface area contributed by atoms with Crippen molar-refractivity contribution < 1.29 is 9.53 Å². The van der Waals surface area contributed by atoms with E-state index in [4.69, 9.17) is 4.74 Å². The van der Waals surface area contributed by atoms with Gasteiger partial charge in [-0.05, 0) is 41.5 Å². The molecule has 2 amide bonds. The van der Waals surface area contributed by atoms with Crippen LogP contribution in [0.2, 0.25) is 0 Å². The van der Waals surface area contributed by atoms with Crippen LogP contribution in [0.25, 0.3) is 5.69 Å². The SMILES string of the molecule is COc1ccc(NC(=O)N(C)CC(C)C)cc1-n1nnnc1C. The van der Waals surface area contributed by atoms with E-state index in [2.05, 4.69) is 34.7 Å². The molecule has 0 saturated heterocycles. The summed E-state index contributed by atoms with van der Waals surface area (Å²) in [6.45, 7) is 6.60. The number of carbonyl (C=O) groups excluding carboxylic acids is 1. The molecule has 1 N–H and O–H groups in total. The molecule has 8 heteroatoms. The fourth-order valence-electron chi connectivity index (χ4n) is 2.24. The second-order valence-electron chi connectivity index (χ2n) is 5.73. The number of urea groups is 1. The quantitative estimate of drug-likeness (QED) is 0.912. The molecule has 0 bridgehead atoms. The van der Waals surface area contributed by atoms with Crippen LogP contribution in [-0.2, 0) is 0 Å². The van der Waals surface area contributed by atoms with Crippen molar-refractivity contribution in [3.63, 3.8) is 0 Å². The molecule has 0 aliphatic carbocycles. The molecule has 0 aliphatic heterocycles. The number of rotatable bonds is 5. The normalized spacial score (nSPS) is 10.7. The van der Waals surface area contributed by atoms with Crippen molar-refractivity contribution >= 4 is 11.7 Å². The van der Waals surface area contributed by atoms with Gasteiger partial charge < -0.3 is 15.0 Å². The fourth-order valence-corrected chi connectivity index (χ4v) is 2.24. The first-order valence-corrected chi connectivity index (χ1v) is 7.38. The Morgan fingerprint density at radius 3 is 2.74 bits per heavy atom. The van der Waals surface area contributed by atoms with Gasteiger partial charge >= 0.3 is 6.03 Å². The predicted octanol–water partition coefficient (Wildman–Crippen LogP) is 2.10. The summed E-state index contributed by atoms with van der Waals surface area (Å²) in [4.78, 5) is 13.9. The van der Waals surface area contributed by atoms with E-state index in [-0.39, 0.29) is 6.03 Å². The van der Waals surface area contributed by atoms with Gasteiger partial charge in [0.25, 0.3) is 0 Å². The van der Waals surface area contributed by atoms with E-state index in [9.17, 15) is 4.79 Å². The first-order valence-electron chi connectivity index (χ1n) is 7.38. The minimum atomic E-state index is -0.164. The van der Waals surface area contributed by atoms with Gasteiger partial charge in [0.15, 0.2) is 5.82 Å². The monoisotopic (exact) mass is 318 g/mol. The summed E-state index contributed by atoms with van der Waals surface area (Å²) in [5.41, 5.74) is 1.32. The molecule has 1 heterocycles. The molecule has 0 aliphatic rings. The van der Waals surface area contributed by atoms with Gasteiger partial charge in [0.05, 0.1) is 7.11 Å². The van der Waals surface area contributed by atoms with Crippen LogP contribution in [0.5, 0.6) is 5.75 Å². The number of nitrogens with one attached hydrogen (secondary N) is 1. The molecule has 0 radical (unpaired) electrons. The average Bonchev–Trinajstić information content (AvgIpc) is 2.92. The number of benzene rings is 1. The summed E-state index contributed by atoms with van der Waals surface area (Å²) in [6, 6.07) is 5.17. The smallest absolute Gasteiger partial charge is 0.321 e. The number of nitrogens with zero attached hydrogens (tertiary/aromatic N) is 5. The van der Waals surface area contributed by atoms with E-state index < -0.39 is 0 Å². The Hall–Kier alpha value is -2.64. The van der Waals surface area contributed by atoms with Crippen LogP contribution in [-0.4, -0.2) is 51.8 Å². The van der Waals surface area contributed by atoms with E-state index in [1.54, 1.807) is 48.9 Å². The van der Waals surface area contributed by atoms with Crippen LogP contribution in [0, 0.1) is 12.8 Å². The van der Waals surface area contributed by atoms with E-state index in [0.29, 0.717) is 35.4 Å². The molecule has 1 aromatic heterocycles. The number of aromatic nitrogens is 4. The van der Waals surface area contributed by atoms with Crippen molar-refractivity contribution in [3.05, 3.63) is 24.0 Å². The number of anilines is 1. The van der Waals surface area contributed by atoms with Gasteiger partial charge in [-0.15, -0.1) is 5.10 Å². The highest BCUT2D eigenvalue weighted by Gasteiger charge is 2.14. The molecule has 124 valence electrons. The third-order valence-corrected chi connectivity index (χ3v) is 3.27. The van der Waals surface area contributed by atoms with Crippen molar-refractivity contribution in [2.24, 2.45) is 5.92 Å². The van der Waals surface area contributed by atoms with E-state index >= 15 is 0 Å². The Kier molecular flexibility index (Phi) is 5.15. The third-order valence-electron chi connectivity index (χ3n) is 3.27. The van der Waals surface area contributed by atoms with Gasteiger partial charge in [0.2, 0.25) is 0 Å². The number of methoxy groups -OCH3 is 1. The lowest BCUT2D eigenvalue weighted by Gasteiger charge is -2.20. The molecular formula is C15H22N6O2. The van der Waals surface area contributed by atoms with Crippen molar-refractivity contribution in [3.8, 4) is 11.4 Å². The zero-order chi connectivity index (χ0) is 17.0. The highest BCUT2D eigenvalue weighted by Crippen LogP contribution is 2.26. The summed E-state index contributed by atoms with van der Waals surface area (Å²) in [7, 11) is 3.35. The van der Waals surface area contributed by atoms with Crippen molar-refractivity contribution in [2.45, 2.75) is 20.8 Å². The van der Waals surface area contributed by atoms with Crippen molar-refractivity contribution in [1.82, 2.24) is 25.1 Å². The summed E-state index contributed by atoms with van der Waals surface area (Å²) < 4.78 is 6.91. The van der Waals surface area contributed by atoms with Crippen LogP contribution in [0.3, 0.4) is 0 Å². The lowest BCUT2D eigenvalue weighted by Crippen LogP contribution is -2.34. The Morgan fingerprint density at radius 2 is 2.17 bits per heavy atom. The second kappa shape index (κ2) is 7.08. The fraction of sp³-hybridized carbons (Fsp3) is 0.467. The number of hydrogen-bond donors (Lipinski definition) is 1. The van der Waals surface area contributed by atoms with Crippen LogP contribution < -0.4 is 10.1 Å². The van der Waals surface area contributed by atoms with Gasteiger partial charge in [-0.25, -0.2) is 4.79 Å². The van der Waals surface area contributed by atoms with Crippen molar-refractivity contribution in [1.29, 1.82) is 0 Å². The maximum Gasteiger partial charge on any atom is 0.321 e. The molecule has 0 saturated carbocycles. The molecule has 0 unspecified atom stereocenters. The van der Waals surface area contributed by atoms with E-state index in [0.717, 1.165) is 0 Å². The molecule has 2 aromatic rings. The molecule has 23 heavy (non-hydrogen) atoms. The maximum absolute atomic E-state index is 12.2. The number of aryl methyl sites for hydroxylation is 1. The van der Waals surface area contributed by atoms with Crippen molar-refractivity contribution in [2.75, 3.05) is 26.0 Å². The lowest BCUT2D eigenvalue weighted by atomic mass is 10.2. The molecule has 2 rings (SSSR count). The topological polar surface area (TPSA) is 85.2 Å². The number of hydrogen-bond acceptors (Lipinski definition) is 5. The molecule has 0 atom stereocenters. The van der Waals surface area contributed by atoms with E-state index in [1.807, 2.05) is 0 Å². The van der Waals surface area contributed by atoms with Crippen LogP contribution in [0.1, 0.15) is 19.7 Å². The minimum Gasteiger partial charge on any atom is -0.494 e. The van der Waals surface area contributed by atoms with E-state index in [1.165, 1.54) is 0 Å². The van der Waals surface area contributed by atoms with Gasteiger partial charge in [-0.2, -0.15) is 4.68 Å². The highest BCUT2D eigenvalue weighted by molar-refractivity contribution is 5.89. The zero-order valence-electron chi connectivity index (χ0n) is 14.1. The zero-order valence-corrected chi connectivity index (χ0v) is 14.1. The summed E-state index contributed by atoms with van der Waals surface area (Å²) >= 11 is 0. The Labute approximate surface area is 135 Å². The van der Waals surface area contributed by atoms with Gasteiger partial charge in [-0.3, -0.25) is 0 Å². The molecule has 0 spiro atoms. The number of carbonyl (C=O) groups is 1. The first kappa shape index (κ1) is 16.7. The van der Waals surface area contributed by atoms with Crippen LogP contribution in [0.4, 0.5) is 10.5 Å². The third kappa shape index (κ3) is 3.97. The first-order chi connectivity index (χ1) is 10.9. The predicted molar refractivity (Wildman–Crippen MR) is 86.9 cm³/mol. The number of ether oxygens (including phenoxy) is 1. The highest BCUT2D eigenvalue weighted by atomic mass is 16.5. The average molecular weight is 318 g/mol. The number of tetrazole rings is 1. The minimum absolute atomic E-state index is 0.164. The standard InChI is InChI=1S/C15H22N6O2/c1-10(2)9-20(4)15(22)16-12-6-7-14(23-5)13(8-12)21-11(3)17-18-19-21/h6-8,10H,9H2,1-5H3,(H,16,22). The summed E-state index contributed by atoms with van der Waals surface area (Å²) in [5.74, 6) is 1.65. The van der Waals surface area contributed by atoms with Gasteiger partial charge in [0, 0.05) is 19.3 Å². The van der Waals surface area contributed by atoms with Crippen LogP contribution >= 0.6 is 0 Å². The summed E-state index contributed by atoms with van der Waals surface area (Å²) in [5, 5.41) is 14.3. The molecule has 1 aromatic carbocycles. The largest absolute Gasteiger partial charge is 0.494 e. The van der Waals surface area contributed by atoms with Crippen LogP contribution in [0.15, 0.2) is 18.2 Å². The molecule has 0 fully saturated rings. The summed E-state index contributed by atoms with van der Waals surface area (Å²) in [6.07, 6.45) is 0.